The van der Waals surface area contributed by atoms with Gasteiger partial charge in [-0.2, -0.15) is 5.26 Å². The standard InChI is InChI=1S/C20H22N4O2/c1-14-12-17(15(2)24(14)16-8-4-3-5-9-16)18(25)22-23-19(26)20(13-21)10-6-7-11-20/h3-5,8-9,12H,6-7,10-11H2,1-2H3,(H,22,25)(H,23,26). The summed E-state index contributed by atoms with van der Waals surface area (Å²) in [6.45, 7) is 3.79. The summed E-state index contributed by atoms with van der Waals surface area (Å²) in [4.78, 5) is 24.9. The summed E-state index contributed by atoms with van der Waals surface area (Å²) in [5, 5.41) is 9.35. The second-order valence-electron chi connectivity index (χ2n) is 6.77. The summed E-state index contributed by atoms with van der Waals surface area (Å²) < 4.78 is 1.99. The Bertz CT molecular complexity index is 871. The van der Waals surface area contributed by atoms with Crippen molar-refractivity contribution in [1.29, 1.82) is 5.26 Å². The van der Waals surface area contributed by atoms with Crippen molar-refractivity contribution < 1.29 is 9.59 Å². The minimum Gasteiger partial charge on any atom is -0.318 e. The van der Waals surface area contributed by atoms with Crippen molar-refractivity contribution in [3.05, 3.63) is 53.3 Å². The van der Waals surface area contributed by atoms with Gasteiger partial charge in [0, 0.05) is 17.1 Å². The van der Waals surface area contributed by atoms with Crippen LogP contribution in [0.4, 0.5) is 0 Å². The van der Waals surface area contributed by atoms with Crippen molar-refractivity contribution in [2.75, 3.05) is 0 Å². The van der Waals surface area contributed by atoms with Crippen LogP contribution in [0.3, 0.4) is 0 Å². The molecule has 1 saturated carbocycles. The van der Waals surface area contributed by atoms with Gasteiger partial charge in [-0.1, -0.05) is 31.0 Å². The van der Waals surface area contributed by atoms with E-state index in [4.69, 9.17) is 0 Å². The summed E-state index contributed by atoms with van der Waals surface area (Å²) in [7, 11) is 0. The van der Waals surface area contributed by atoms with Crippen molar-refractivity contribution in [1.82, 2.24) is 15.4 Å². The molecule has 3 rings (SSSR count). The maximum absolute atomic E-state index is 12.6. The van der Waals surface area contributed by atoms with Crippen LogP contribution >= 0.6 is 0 Å². The number of nitrogens with one attached hydrogen (secondary N) is 2. The van der Waals surface area contributed by atoms with Gasteiger partial charge in [-0.05, 0) is 44.9 Å². The van der Waals surface area contributed by atoms with Crippen LogP contribution in [0.2, 0.25) is 0 Å². The maximum atomic E-state index is 12.6. The van der Waals surface area contributed by atoms with Gasteiger partial charge in [0.15, 0.2) is 0 Å². The molecule has 0 atom stereocenters. The number of para-hydroxylation sites is 1. The molecule has 26 heavy (non-hydrogen) atoms. The topological polar surface area (TPSA) is 86.9 Å². The smallest absolute Gasteiger partial charge is 0.271 e. The summed E-state index contributed by atoms with van der Waals surface area (Å²) in [6.07, 6.45) is 2.78. The molecule has 2 N–H and O–H groups in total. The van der Waals surface area contributed by atoms with Gasteiger partial charge in [0.25, 0.3) is 11.8 Å². The predicted octanol–water partition coefficient (Wildman–Crippen LogP) is 2.94. The molecule has 134 valence electrons. The van der Waals surface area contributed by atoms with Gasteiger partial charge < -0.3 is 4.57 Å². The van der Waals surface area contributed by atoms with E-state index in [1.54, 1.807) is 6.07 Å². The fourth-order valence-corrected chi connectivity index (χ4v) is 3.64. The minimum absolute atomic E-state index is 0.389. The molecule has 0 saturated heterocycles. The molecule has 1 aromatic carbocycles. The van der Waals surface area contributed by atoms with E-state index >= 15 is 0 Å². The molecule has 0 unspecified atom stereocenters. The Morgan fingerprint density at radius 1 is 1.12 bits per heavy atom. The molecule has 0 radical (unpaired) electrons. The van der Waals surface area contributed by atoms with Gasteiger partial charge in [0.2, 0.25) is 0 Å². The lowest BCUT2D eigenvalue weighted by molar-refractivity contribution is -0.128. The van der Waals surface area contributed by atoms with E-state index in [1.807, 2.05) is 48.7 Å². The highest BCUT2D eigenvalue weighted by atomic mass is 16.2. The van der Waals surface area contributed by atoms with Gasteiger partial charge in [0.1, 0.15) is 5.41 Å². The third kappa shape index (κ3) is 3.08. The number of rotatable bonds is 3. The highest BCUT2D eigenvalue weighted by Crippen LogP contribution is 2.37. The Labute approximate surface area is 152 Å². The molecule has 1 fully saturated rings. The molecule has 6 nitrogen and oxygen atoms in total. The van der Waals surface area contributed by atoms with Gasteiger partial charge >= 0.3 is 0 Å². The zero-order chi connectivity index (χ0) is 18.7. The zero-order valence-corrected chi connectivity index (χ0v) is 15.0. The van der Waals surface area contributed by atoms with Crippen molar-refractivity contribution in [3.63, 3.8) is 0 Å². The molecule has 0 bridgehead atoms. The van der Waals surface area contributed by atoms with Gasteiger partial charge in [-0.15, -0.1) is 0 Å². The second kappa shape index (κ2) is 7.04. The number of aromatic nitrogens is 1. The molecule has 2 aromatic rings. The fourth-order valence-electron chi connectivity index (χ4n) is 3.64. The van der Waals surface area contributed by atoms with Gasteiger partial charge in [-0.25, -0.2) is 0 Å². The first-order valence-corrected chi connectivity index (χ1v) is 8.75. The fraction of sp³-hybridized carbons (Fsp3) is 0.350. The summed E-state index contributed by atoms with van der Waals surface area (Å²) in [6, 6.07) is 13.7. The summed E-state index contributed by atoms with van der Waals surface area (Å²) in [5.74, 6) is -0.817. The molecule has 0 aliphatic heterocycles. The number of carbonyl (C=O) groups excluding carboxylic acids is 2. The molecule has 6 heteroatoms. The second-order valence-corrected chi connectivity index (χ2v) is 6.77. The molecule has 1 aromatic heterocycles. The van der Waals surface area contributed by atoms with Crippen LogP contribution in [-0.4, -0.2) is 16.4 Å². The normalized spacial score (nSPS) is 15.3. The van der Waals surface area contributed by atoms with Crippen LogP contribution in [0.5, 0.6) is 0 Å². The summed E-state index contributed by atoms with van der Waals surface area (Å²) >= 11 is 0. The largest absolute Gasteiger partial charge is 0.318 e. The highest BCUT2D eigenvalue weighted by molar-refractivity contribution is 5.97. The Morgan fingerprint density at radius 2 is 1.77 bits per heavy atom. The zero-order valence-electron chi connectivity index (χ0n) is 15.0. The van der Waals surface area contributed by atoms with Crippen LogP contribution in [0.15, 0.2) is 36.4 Å². The first kappa shape index (κ1) is 17.7. The van der Waals surface area contributed by atoms with E-state index in [2.05, 4.69) is 16.9 Å². The number of amides is 2. The molecule has 2 amide bonds. The van der Waals surface area contributed by atoms with Crippen molar-refractivity contribution in [2.45, 2.75) is 39.5 Å². The van der Waals surface area contributed by atoms with E-state index in [-0.39, 0.29) is 5.91 Å². The average molecular weight is 350 g/mol. The number of aryl methyl sites for hydroxylation is 1. The van der Waals surface area contributed by atoms with E-state index in [1.165, 1.54) is 0 Å². The van der Waals surface area contributed by atoms with E-state index in [0.717, 1.165) is 29.9 Å². The molecular weight excluding hydrogens is 328 g/mol. The van der Waals surface area contributed by atoms with Crippen LogP contribution in [0.25, 0.3) is 5.69 Å². The maximum Gasteiger partial charge on any atom is 0.271 e. The number of nitriles is 1. The predicted molar refractivity (Wildman–Crippen MR) is 97.4 cm³/mol. The Balaban J connectivity index is 1.75. The van der Waals surface area contributed by atoms with E-state index in [0.29, 0.717) is 18.4 Å². The van der Waals surface area contributed by atoms with Crippen LogP contribution < -0.4 is 10.9 Å². The number of nitrogens with zero attached hydrogens (tertiary/aromatic N) is 2. The number of hydrogen-bond donors (Lipinski definition) is 2. The van der Waals surface area contributed by atoms with Crippen LogP contribution in [-0.2, 0) is 4.79 Å². The Hall–Kier alpha value is -3.07. The van der Waals surface area contributed by atoms with Crippen LogP contribution in [0, 0.1) is 30.6 Å². The van der Waals surface area contributed by atoms with Crippen LogP contribution in [0.1, 0.15) is 47.4 Å². The monoisotopic (exact) mass is 350 g/mol. The third-order valence-electron chi connectivity index (χ3n) is 5.09. The third-order valence-corrected chi connectivity index (χ3v) is 5.09. The Kier molecular flexibility index (Phi) is 4.81. The van der Waals surface area contributed by atoms with Crippen molar-refractivity contribution >= 4 is 11.8 Å². The van der Waals surface area contributed by atoms with Crippen molar-refractivity contribution in [3.8, 4) is 11.8 Å². The first-order chi connectivity index (χ1) is 12.5. The lowest BCUT2D eigenvalue weighted by Crippen LogP contribution is -2.48. The number of hydrazine groups is 1. The van der Waals surface area contributed by atoms with E-state index < -0.39 is 11.3 Å². The highest BCUT2D eigenvalue weighted by Gasteiger charge is 2.41. The molecular formula is C20H22N4O2. The first-order valence-electron chi connectivity index (χ1n) is 8.75. The molecule has 1 aliphatic rings. The Morgan fingerprint density at radius 3 is 2.38 bits per heavy atom. The number of benzene rings is 1. The minimum atomic E-state index is -1.02. The quantitative estimate of drug-likeness (QED) is 0.835. The molecule has 1 aliphatic carbocycles. The summed E-state index contributed by atoms with van der Waals surface area (Å²) in [5.41, 5.74) is 7.06. The van der Waals surface area contributed by atoms with Gasteiger partial charge in [-0.3, -0.25) is 20.4 Å². The lowest BCUT2D eigenvalue weighted by Gasteiger charge is -2.19. The van der Waals surface area contributed by atoms with Gasteiger partial charge in [0.05, 0.1) is 11.6 Å². The van der Waals surface area contributed by atoms with E-state index in [9.17, 15) is 14.9 Å². The number of hydrogen-bond acceptors (Lipinski definition) is 3. The SMILES string of the molecule is Cc1cc(C(=O)NNC(=O)C2(C#N)CCCC2)c(C)n1-c1ccccc1. The van der Waals surface area contributed by atoms with Crippen molar-refractivity contribution in [2.24, 2.45) is 5.41 Å². The number of carbonyl (C=O) groups is 2. The lowest BCUT2D eigenvalue weighted by atomic mass is 9.87. The molecule has 1 heterocycles. The molecule has 0 spiro atoms. The average Bonchev–Trinajstić information content (AvgIpc) is 3.25.